The van der Waals surface area contributed by atoms with Gasteiger partial charge in [0.15, 0.2) is 17.5 Å². The number of carbonyl (C=O) groups is 2. The van der Waals surface area contributed by atoms with Gasteiger partial charge in [-0.15, -0.1) is 0 Å². The van der Waals surface area contributed by atoms with Crippen molar-refractivity contribution in [3.05, 3.63) is 24.0 Å². The second-order valence-electron chi connectivity index (χ2n) is 2.75. The lowest BCUT2D eigenvalue weighted by atomic mass is 10.3. The maximum absolute atomic E-state index is 10.7. The lowest BCUT2D eigenvalue weighted by Crippen LogP contribution is -2.24. The standard InChI is InChI=1S/C9H9NO5/c1-5(8(11)12)15-6-3-2-4-10-7(6)9(13)14/h2-5H,1H3,(H,11,12)(H,13,14). The molecule has 80 valence electrons. The largest absolute Gasteiger partial charge is 0.479 e. The van der Waals surface area contributed by atoms with Crippen molar-refractivity contribution in [2.75, 3.05) is 0 Å². The molecular weight excluding hydrogens is 202 g/mol. The minimum Gasteiger partial charge on any atom is -0.479 e. The molecule has 1 aromatic heterocycles. The lowest BCUT2D eigenvalue weighted by molar-refractivity contribution is -0.144. The van der Waals surface area contributed by atoms with E-state index in [1.807, 2.05) is 0 Å². The van der Waals surface area contributed by atoms with Gasteiger partial charge in [-0.2, -0.15) is 0 Å². The predicted octanol–water partition coefficient (Wildman–Crippen LogP) is 0.632. The maximum atomic E-state index is 10.7. The van der Waals surface area contributed by atoms with Crippen molar-refractivity contribution in [3.8, 4) is 5.75 Å². The second-order valence-corrected chi connectivity index (χ2v) is 2.75. The Morgan fingerprint density at radius 1 is 1.47 bits per heavy atom. The van der Waals surface area contributed by atoms with Gasteiger partial charge < -0.3 is 14.9 Å². The Balaban J connectivity index is 2.94. The molecule has 0 spiro atoms. The maximum Gasteiger partial charge on any atom is 0.358 e. The van der Waals surface area contributed by atoms with Crippen molar-refractivity contribution in [3.63, 3.8) is 0 Å². The molecule has 0 aliphatic heterocycles. The van der Waals surface area contributed by atoms with E-state index in [4.69, 9.17) is 14.9 Å². The van der Waals surface area contributed by atoms with Gasteiger partial charge in [-0.3, -0.25) is 0 Å². The predicted molar refractivity (Wildman–Crippen MR) is 48.9 cm³/mol. The molecule has 1 heterocycles. The number of carboxylic acid groups (broad SMARTS) is 2. The Labute approximate surface area is 85.1 Å². The molecule has 0 fully saturated rings. The van der Waals surface area contributed by atoms with Gasteiger partial charge in [0.05, 0.1) is 0 Å². The number of nitrogens with zero attached hydrogens (tertiary/aromatic N) is 1. The molecule has 6 nitrogen and oxygen atoms in total. The summed E-state index contributed by atoms with van der Waals surface area (Å²) < 4.78 is 4.93. The van der Waals surface area contributed by atoms with Crippen molar-refractivity contribution in [2.45, 2.75) is 13.0 Å². The number of aromatic nitrogens is 1. The fourth-order valence-corrected chi connectivity index (χ4v) is 0.887. The SMILES string of the molecule is CC(Oc1cccnc1C(=O)O)C(=O)O. The molecule has 0 saturated carbocycles. The second kappa shape index (κ2) is 4.41. The molecule has 1 unspecified atom stereocenters. The molecule has 6 heteroatoms. The smallest absolute Gasteiger partial charge is 0.358 e. The normalized spacial score (nSPS) is 11.8. The summed E-state index contributed by atoms with van der Waals surface area (Å²) in [5, 5.41) is 17.3. The summed E-state index contributed by atoms with van der Waals surface area (Å²) in [5.74, 6) is -2.49. The number of aromatic carboxylic acids is 1. The van der Waals surface area contributed by atoms with Crippen LogP contribution < -0.4 is 4.74 Å². The first-order chi connectivity index (χ1) is 7.02. The van der Waals surface area contributed by atoms with Gasteiger partial charge in [0.1, 0.15) is 0 Å². The number of hydrogen-bond acceptors (Lipinski definition) is 4. The van der Waals surface area contributed by atoms with Crippen LogP contribution in [0.4, 0.5) is 0 Å². The zero-order valence-corrected chi connectivity index (χ0v) is 7.88. The molecule has 0 saturated heterocycles. The first-order valence-corrected chi connectivity index (χ1v) is 4.10. The van der Waals surface area contributed by atoms with E-state index in [0.29, 0.717) is 0 Å². The molecular formula is C9H9NO5. The highest BCUT2D eigenvalue weighted by Gasteiger charge is 2.18. The molecule has 0 aliphatic carbocycles. The molecule has 1 rings (SSSR count). The topological polar surface area (TPSA) is 96.7 Å². The fourth-order valence-electron chi connectivity index (χ4n) is 0.887. The van der Waals surface area contributed by atoms with Gasteiger partial charge in [-0.05, 0) is 19.1 Å². The fraction of sp³-hybridized carbons (Fsp3) is 0.222. The summed E-state index contributed by atoms with van der Waals surface area (Å²) in [5.41, 5.74) is -0.300. The monoisotopic (exact) mass is 211 g/mol. The van der Waals surface area contributed by atoms with Crippen LogP contribution in [0.3, 0.4) is 0 Å². The average molecular weight is 211 g/mol. The van der Waals surface area contributed by atoms with Crippen LogP contribution in [0.2, 0.25) is 0 Å². The summed E-state index contributed by atoms with van der Waals surface area (Å²) in [6.07, 6.45) is 0.175. The Morgan fingerprint density at radius 3 is 2.67 bits per heavy atom. The zero-order valence-electron chi connectivity index (χ0n) is 7.88. The van der Waals surface area contributed by atoms with Crippen LogP contribution >= 0.6 is 0 Å². The number of carboxylic acids is 2. The highest BCUT2D eigenvalue weighted by atomic mass is 16.5. The van der Waals surface area contributed by atoms with Crippen LogP contribution in [-0.4, -0.2) is 33.2 Å². The molecule has 15 heavy (non-hydrogen) atoms. The van der Waals surface area contributed by atoms with Gasteiger partial charge in [0.25, 0.3) is 0 Å². The summed E-state index contributed by atoms with van der Waals surface area (Å²) in [7, 11) is 0. The Hall–Kier alpha value is -2.11. The van der Waals surface area contributed by atoms with E-state index >= 15 is 0 Å². The van der Waals surface area contributed by atoms with E-state index < -0.39 is 18.0 Å². The van der Waals surface area contributed by atoms with E-state index in [1.165, 1.54) is 25.3 Å². The third kappa shape index (κ3) is 2.67. The van der Waals surface area contributed by atoms with Crippen LogP contribution in [0, 0.1) is 0 Å². The van der Waals surface area contributed by atoms with Crippen LogP contribution in [0.5, 0.6) is 5.75 Å². The molecule has 0 bridgehead atoms. The minimum atomic E-state index is -1.26. The zero-order chi connectivity index (χ0) is 11.4. The number of ether oxygens (including phenoxy) is 1. The van der Waals surface area contributed by atoms with E-state index in [2.05, 4.69) is 4.98 Å². The Kier molecular flexibility index (Phi) is 3.22. The summed E-state index contributed by atoms with van der Waals surface area (Å²) in [6, 6.07) is 2.83. The molecule has 0 aromatic carbocycles. The van der Waals surface area contributed by atoms with Gasteiger partial charge in [0.2, 0.25) is 0 Å². The highest BCUT2D eigenvalue weighted by molar-refractivity contribution is 5.88. The summed E-state index contributed by atoms with van der Waals surface area (Å²) >= 11 is 0. The molecule has 0 aliphatic rings. The molecule has 0 amide bonds. The van der Waals surface area contributed by atoms with Crippen molar-refractivity contribution in [1.29, 1.82) is 0 Å². The van der Waals surface area contributed by atoms with Gasteiger partial charge in [0, 0.05) is 6.20 Å². The van der Waals surface area contributed by atoms with Gasteiger partial charge >= 0.3 is 11.9 Å². The van der Waals surface area contributed by atoms with Crippen molar-refractivity contribution < 1.29 is 24.5 Å². The van der Waals surface area contributed by atoms with Crippen LogP contribution in [0.15, 0.2) is 18.3 Å². The molecule has 1 aromatic rings. The summed E-state index contributed by atoms with van der Waals surface area (Å²) in [6.45, 7) is 1.31. The minimum absolute atomic E-state index is 0.0556. The lowest BCUT2D eigenvalue weighted by Gasteiger charge is -2.11. The van der Waals surface area contributed by atoms with Crippen molar-refractivity contribution >= 4 is 11.9 Å². The molecule has 2 N–H and O–H groups in total. The first-order valence-electron chi connectivity index (χ1n) is 4.10. The van der Waals surface area contributed by atoms with Crippen molar-refractivity contribution in [1.82, 2.24) is 4.98 Å². The van der Waals surface area contributed by atoms with E-state index in [0.717, 1.165) is 0 Å². The van der Waals surface area contributed by atoms with Crippen molar-refractivity contribution in [2.24, 2.45) is 0 Å². The molecule has 0 radical (unpaired) electrons. The Bertz CT molecular complexity index is 390. The number of aliphatic carboxylic acids is 1. The number of pyridine rings is 1. The number of rotatable bonds is 4. The molecule has 1 atom stereocenters. The van der Waals surface area contributed by atoms with Gasteiger partial charge in [-0.25, -0.2) is 14.6 Å². The van der Waals surface area contributed by atoms with E-state index in [-0.39, 0.29) is 11.4 Å². The average Bonchev–Trinajstić information content (AvgIpc) is 2.18. The Morgan fingerprint density at radius 2 is 2.13 bits per heavy atom. The number of hydrogen-bond donors (Lipinski definition) is 2. The summed E-state index contributed by atoms with van der Waals surface area (Å²) in [4.78, 5) is 24.7. The van der Waals surface area contributed by atoms with Gasteiger partial charge in [-0.1, -0.05) is 0 Å². The van der Waals surface area contributed by atoms with E-state index in [1.54, 1.807) is 0 Å². The van der Waals surface area contributed by atoms with Crippen LogP contribution in [0.25, 0.3) is 0 Å². The van der Waals surface area contributed by atoms with Crippen LogP contribution in [-0.2, 0) is 4.79 Å². The quantitative estimate of drug-likeness (QED) is 0.758. The third-order valence-corrected chi connectivity index (χ3v) is 1.62. The van der Waals surface area contributed by atoms with Crippen LogP contribution in [0.1, 0.15) is 17.4 Å². The third-order valence-electron chi connectivity index (χ3n) is 1.62. The highest BCUT2D eigenvalue weighted by Crippen LogP contribution is 2.16. The first kappa shape index (κ1) is 11.0. The van der Waals surface area contributed by atoms with E-state index in [9.17, 15) is 9.59 Å².